The largest absolute Gasteiger partial charge is 0.431 e. The van der Waals surface area contributed by atoms with Gasteiger partial charge in [0.2, 0.25) is 5.91 Å². The molecule has 4 rings (SSSR count). The summed E-state index contributed by atoms with van der Waals surface area (Å²) in [5.41, 5.74) is 2.21. The molecule has 3 heterocycles. The normalized spacial score (nSPS) is 14.0. The summed E-state index contributed by atoms with van der Waals surface area (Å²) >= 11 is 2.43. The number of thiazole rings is 1. The van der Waals surface area contributed by atoms with E-state index in [0.29, 0.717) is 27.4 Å². The van der Waals surface area contributed by atoms with Gasteiger partial charge in [0, 0.05) is 6.54 Å². The van der Waals surface area contributed by atoms with E-state index in [-0.39, 0.29) is 17.6 Å². The number of rotatable bonds is 4. The molecule has 1 aromatic carbocycles. The number of thioether (sulfide) groups is 1. The van der Waals surface area contributed by atoms with E-state index in [1.165, 1.54) is 23.1 Å². The molecule has 0 fully saturated rings. The van der Waals surface area contributed by atoms with Crippen LogP contribution in [0.4, 0.5) is 5.13 Å². The molecule has 128 valence electrons. The molecule has 0 bridgehead atoms. The second kappa shape index (κ2) is 6.85. The summed E-state index contributed by atoms with van der Waals surface area (Å²) in [7, 11) is 0. The van der Waals surface area contributed by atoms with E-state index in [1.807, 2.05) is 24.3 Å². The van der Waals surface area contributed by atoms with Crippen molar-refractivity contribution in [1.82, 2.24) is 15.3 Å². The van der Waals surface area contributed by atoms with Crippen molar-refractivity contribution in [2.45, 2.75) is 18.1 Å². The fourth-order valence-electron chi connectivity index (χ4n) is 2.49. The van der Waals surface area contributed by atoms with Crippen LogP contribution in [0, 0.1) is 0 Å². The quantitative estimate of drug-likeness (QED) is 0.682. The lowest BCUT2D eigenvalue weighted by Crippen LogP contribution is -2.21. The molecule has 0 spiro atoms. The SMILES string of the molecule is O=C(CSc1nc2ccccc2o1)Nc1nc2c(s1)C(=O)NCCC2. The molecule has 1 aliphatic heterocycles. The highest BCUT2D eigenvalue weighted by atomic mass is 32.2. The summed E-state index contributed by atoms with van der Waals surface area (Å²) in [5, 5.41) is 6.46. The Labute approximate surface area is 151 Å². The van der Waals surface area contributed by atoms with E-state index in [9.17, 15) is 9.59 Å². The molecular formula is C16H14N4O3S2. The summed E-state index contributed by atoms with van der Waals surface area (Å²) in [5.74, 6) is -0.175. The van der Waals surface area contributed by atoms with Crippen LogP contribution in [0.5, 0.6) is 0 Å². The Morgan fingerprint density at radius 2 is 2.24 bits per heavy atom. The van der Waals surface area contributed by atoms with Crippen LogP contribution in [0.3, 0.4) is 0 Å². The Balaban J connectivity index is 1.39. The minimum Gasteiger partial charge on any atom is -0.431 e. The standard InChI is InChI=1S/C16H14N4O3S2/c21-12(8-24-16-19-9-4-1-2-6-11(9)23-16)20-15-18-10-5-3-7-17-14(22)13(10)25-15/h1-2,4,6H,3,5,7-8H2,(H,17,22)(H,18,20,21). The molecule has 2 aromatic heterocycles. The van der Waals surface area contributed by atoms with Gasteiger partial charge in [-0.05, 0) is 25.0 Å². The van der Waals surface area contributed by atoms with Crippen molar-refractivity contribution < 1.29 is 14.0 Å². The van der Waals surface area contributed by atoms with Gasteiger partial charge in [0.1, 0.15) is 10.4 Å². The third-order valence-electron chi connectivity index (χ3n) is 3.63. The van der Waals surface area contributed by atoms with Crippen LogP contribution in [0.1, 0.15) is 21.8 Å². The number of nitrogens with one attached hydrogen (secondary N) is 2. The van der Waals surface area contributed by atoms with Crippen LogP contribution in [0.2, 0.25) is 0 Å². The molecule has 9 heteroatoms. The maximum atomic E-state index is 12.1. The summed E-state index contributed by atoms with van der Waals surface area (Å²) in [4.78, 5) is 33.3. The van der Waals surface area contributed by atoms with Gasteiger partial charge in [0.15, 0.2) is 10.7 Å². The first kappa shape index (κ1) is 16.1. The van der Waals surface area contributed by atoms with Gasteiger partial charge in [0.25, 0.3) is 11.1 Å². The summed E-state index contributed by atoms with van der Waals surface area (Å²) in [6.07, 6.45) is 1.58. The molecule has 0 aliphatic carbocycles. The summed E-state index contributed by atoms with van der Waals surface area (Å²) in [6.45, 7) is 0.657. The molecule has 0 saturated carbocycles. The highest BCUT2D eigenvalue weighted by molar-refractivity contribution is 7.99. The van der Waals surface area contributed by atoms with Gasteiger partial charge in [-0.2, -0.15) is 0 Å². The third-order valence-corrected chi connectivity index (χ3v) is 5.47. The molecule has 2 N–H and O–H groups in total. The number of benzene rings is 1. The zero-order chi connectivity index (χ0) is 17.2. The van der Waals surface area contributed by atoms with Crippen molar-refractivity contribution in [1.29, 1.82) is 0 Å². The van der Waals surface area contributed by atoms with E-state index in [2.05, 4.69) is 20.6 Å². The molecule has 25 heavy (non-hydrogen) atoms. The van der Waals surface area contributed by atoms with Crippen LogP contribution in [-0.2, 0) is 11.2 Å². The molecule has 3 aromatic rings. The zero-order valence-corrected chi connectivity index (χ0v) is 14.7. The number of hydrogen-bond donors (Lipinski definition) is 2. The van der Waals surface area contributed by atoms with Crippen LogP contribution >= 0.6 is 23.1 Å². The van der Waals surface area contributed by atoms with Crippen molar-refractivity contribution in [2.75, 3.05) is 17.6 Å². The van der Waals surface area contributed by atoms with Gasteiger partial charge < -0.3 is 15.1 Å². The Kier molecular flexibility index (Phi) is 4.41. The van der Waals surface area contributed by atoms with E-state index >= 15 is 0 Å². The van der Waals surface area contributed by atoms with Gasteiger partial charge in [-0.25, -0.2) is 9.97 Å². The van der Waals surface area contributed by atoms with Crippen LogP contribution < -0.4 is 10.6 Å². The number of carbonyl (C=O) groups excluding carboxylic acids is 2. The lowest BCUT2D eigenvalue weighted by Gasteiger charge is -2.00. The number of amides is 2. The summed E-state index contributed by atoms with van der Waals surface area (Å²) < 4.78 is 5.57. The fraction of sp³-hybridized carbons (Fsp3) is 0.250. The average molecular weight is 374 g/mol. The van der Waals surface area contributed by atoms with E-state index in [1.54, 1.807) is 0 Å². The molecule has 0 atom stereocenters. The smallest absolute Gasteiger partial charge is 0.263 e. The summed E-state index contributed by atoms with van der Waals surface area (Å²) in [6, 6.07) is 7.45. The van der Waals surface area contributed by atoms with Gasteiger partial charge in [-0.1, -0.05) is 35.2 Å². The van der Waals surface area contributed by atoms with Crippen LogP contribution in [0.15, 0.2) is 33.9 Å². The molecule has 0 saturated heterocycles. The number of para-hydroxylation sites is 2. The van der Waals surface area contributed by atoms with Crippen molar-refractivity contribution >= 4 is 51.1 Å². The van der Waals surface area contributed by atoms with Crippen molar-refractivity contribution in [2.24, 2.45) is 0 Å². The second-order valence-corrected chi connectivity index (χ2v) is 7.36. The molecule has 0 radical (unpaired) electrons. The Bertz CT molecular complexity index is 917. The van der Waals surface area contributed by atoms with Gasteiger partial charge in [-0.3, -0.25) is 9.59 Å². The van der Waals surface area contributed by atoms with Crippen LogP contribution in [-0.4, -0.2) is 34.1 Å². The van der Waals surface area contributed by atoms with Crippen molar-refractivity contribution in [3.63, 3.8) is 0 Å². The second-order valence-electron chi connectivity index (χ2n) is 5.44. The lowest BCUT2D eigenvalue weighted by atomic mass is 10.2. The third kappa shape index (κ3) is 3.52. The molecule has 7 nitrogen and oxygen atoms in total. The topological polar surface area (TPSA) is 97.1 Å². The van der Waals surface area contributed by atoms with Crippen LogP contribution in [0.25, 0.3) is 11.1 Å². The Morgan fingerprint density at radius 1 is 1.36 bits per heavy atom. The number of fused-ring (bicyclic) bond motifs is 2. The first-order valence-electron chi connectivity index (χ1n) is 7.75. The van der Waals surface area contributed by atoms with E-state index in [4.69, 9.17) is 4.42 Å². The number of hydrogen-bond acceptors (Lipinski definition) is 7. The average Bonchev–Trinajstić information content (AvgIpc) is 3.16. The molecular weight excluding hydrogens is 360 g/mol. The number of aromatic nitrogens is 2. The minimum atomic E-state index is -0.212. The maximum absolute atomic E-state index is 12.1. The fourth-order valence-corrected chi connectivity index (χ4v) is 4.07. The van der Waals surface area contributed by atoms with Gasteiger partial charge in [0.05, 0.1) is 11.4 Å². The molecule has 2 amide bonds. The highest BCUT2D eigenvalue weighted by Crippen LogP contribution is 2.27. The first-order chi connectivity index (χ1) is 12.2. The highest BCUT2D eigenvalue weighted by Gasteiger charge is 2.21. The molecule has 1 aliphatic rings. The lowest BCUT2D eigenvalue weighted by molar-refractivity contribution is -0.113. The zero-order valence-electron chi connectivity index (χ0n) is 13.1. The number of nitrogens with zero attached hydrogens (tertiary/aromatic N) is 2. The van der Waals surface area contributed by atoms with E-state index < -0.39 is 0 Å². The Hall–Kier alpha value is -2.39. The predicted molar refractivity (Wildman–Crippen MR) is 96.1 cm³/mol. The maximum Gasteiger partial charge on any atom is 0.263 e. The number of aryl methyl sites for hydroxylation is 1. The van der Waals surface area contributed by atoms with E-state index in [0.717, 1.165) is 24.1 Å². The Morgan fingerprint density at radius 3 is 3.12 bits per heavy atom. The van der Waals surface area contributed by atoms with Gasteiger partial charge in [-0.15, -0.1) is 0 Å². The number of oxazole rings is 1. The van der Waals surface area contributed by atoms with Gasteiger partial charge >= 0.3 is 0 Å². The molecule has 0 unspecified atom stereocenters. The monoisotopic (exact) mass is 374 g/mol. The first-order valence-corrected chi connectivity index (χ1v) is 9.55. The van der Waals surface area contributed by atoms with Crippen molar-refractivity contribution in [3.8, 4) is 0 Å². The van der Waals surface area contributed by atoms with Crippen molar-refractivity contribution in [3.05, 3.63) is 34.8 Å². The minimum absolute atomic E-state index is 0.119. The number of carbonyl (C=O) groups is 2. The predicted octanol–water partition coefficient (Wildman–Crippen LogP) is 2.69. The number of anilines is 1.